The first-order chi connectivity index (χ1) is 12.7. The Hall–Kier alpha value is -2.92. The second-order valence-electron chi connectivity index (χ2n) is 6.05. The maximum Gasteiger partial charge on any atom is 0.194 e. The van der Waals surface area contributed by atoms with Gasteiger partial charge in [-0.05, 0) is 31.2 Å². The summed E-state index contributed by atoms with van der Waals surface area (Å²) in [4.78, 5) is 13.9. The summed E-state index contributed by atoms with van der Waals surface area (Å²) < 4.78 is 1.86. The van der Waals surface area contributed by atoms with Gasteiger partial charge < -0.3 is 0 Å². The van der Waals surface area contributed by atoms with Gasteiger partial charge in [-0.2, -0.15) is 0 Å². The first kappa shape index (κ1) is 16.5. The Balaban J connectivity index is 1.64. The number of carbonyl (C=O) groups is 1. The largest absolute Gasteiger partial charge is 0.289 e. The maximum absolute atomic E-state index is 12.9. The summed E-state index contributed by atoms with van der Waals surface area (Å²) in [6.07, 6.45) is 0. The molecule has 4 aromatic rings. The number of aryl methyl sites for hydroxylation is 1. The molecule has 4 nitrogen and oxygen atoms in total. The monoisotopic (exact) mass is 359 g/mol. The molecule has 0 saturated heterocycles. The van der Waals surface area contributed by atoms with Crippen molar-refractivity contribution >= 4 is 28.6 Å². The minimum absolute atomic E-state index is 0.0419. The highest BCUT2D eigenvalue weighted by atomic mass is 32.2. The third-order valence-corrected chi connectivity index (χ3v) is 5.22. The normalized spacial score (nSPS) is 11.0. The van der Waals surface area contributed by atoms with E-state index < -0.39 is 0 Å². The third kappa shape index (κ3) is 3.26. The van der Waals surface area contributed by atoms with Crippen LogP contribution >= 0.6 is 11.8 Å². The number of thioether (sulfide) groups is 1. The summed E-state index contributed by atoms with van der Waals surface area (Å²) in [6.45, 7) is 2.00. The lowest BCUT2D eigenvalue weighted by atomic mass is 10.0. The van der Waals surface area contributed by atoms with Crippen molar-refractivity contribution in [2.24, 2.45) is 0 Å². The van der Waals surface area contributed by atoms with Crippen LogP contribution in [0.15, 0.2) is 77.7 Å². The van der Waals surface area contributed by atoms with Crippen molar-refractivity contribution in [2.75, 3.05) is 0 Å². The molecule has 0 aliphatic carbocycles. The van der Waals surface area contributed by atoms with E-state index in [-0.39, 0.29) is 5.78 Å². The van der Waals surface area contributed by atoms with Crippen LogP contribution in [-0.2, 0) is 5.88 Å². The Morgan fingerprint density at radius 3 is 2.62 bits per heavy atom. The van der Waals surface area contributed by atoms with Gasteiger partial charge in [0, 0.05) is 16.0 Å². The van der Waals surface area contributed by atoms with Gasteiger partial charge in [-0.1, -0.05) is 59.3 Å². The first-order valence-electron chi connectivity index (χ1n) is 8.34. The van der Waals surface area contributed by atoms with Crippen LogP contribution in [0.1, 0.15) is 21.5 Å². The molecule has 0 spiro atoms. The summed E-state index contributed by atoms with van der Waals surface area (Å²) in [5.74, 6) is 0.638. The van der Waals surface area contributed by atoms with E-state index in [1.165, 1.54) is 0 Å². The van der Waals surface area contributed by atoms with Crippen molar-refractivity contribution in [1.82, 2.24) is 15.0 Å². The van der Waals surface area contributed by atoms with Crippen LogP contribution in [0.5, 0.6) is 0 Å². The van der Waals surface area contributed by atoms with Gasteiger partial charge in [0.05, 0.1) is 11.4 Å². The van der Waals surface area contributed by atoms with E-state index >= 15 is 0 Å². The van der Waals surface area contributed by atoms with Gasteiger partial charge in [0.2, 0.25) is 0 Å². The minimum Gasteiger partial charge on any atom is -0.289 e. The number of rotatable bonds is 5. The number of carbonyl (C=O) groups excluding carboxylic acids is 1. The standard InChI is InChI=1S/C21H17N3OS/c1-15-11-12-20(17(13-15)21(25)16-7-3-2-4-8-16)26-14-24-19-10-6-5-9-18(19)22-23-24/h2-13H,14H2,1H3. The molecule has 26 heavy (non-hydrogen) atoms. The Kier molecular flexibility index (Phi) is 4.54. The fourth-order valence-electron chi connectivity index (χ4n) is 2.84. The Labute approximate surface area is 155 Å². The average Bonchev–Trinajstić information content (AvgIpc) is 3.10. The van der Waals surface area contributed by atoms with Crippen LogP contribution in [-0.4, -0.2) is 20.8 Å². The minimum atomic E-state index is 0.0419. The number of aromatic nitrogens is 3. The molecule has 5 heteroatoms. The summed E-state index contributed by atoms with van der Waals surface area (Å²) >= 11 is 1.59. The molecular weight excluding hydrogens is 342 g/mol. The number of fused-ring (bicyclic) bond motifs is 1. The topological polar surface area (TPSA) is 47.8 Å². The van der Waals surface area contributed by atoms with Gasteiger partial charge >= 0.3 is 0 Å². The fourth-order valence-corrected chi connectivity index (χ4v) is 3.76. The van der Waals surface area contributed by atoms with Crippen LogP contribution in [0.25, 0.3) is 11.0 Å². The molecule has 128 valence electrons. The lowest BCUT2D eigenvalue weighted by Gasteiger charge is -2.10. The molecule has 0 bridgehead atoms. The van der Waals surface area contributed by atoms with E-state index in [0.29, 0.717) is 11.4 Å². The van der Waals surface area contributed by atoms with Gasteiger partial charge in [0.1, 0.15) is 5.52 Å². The highest BCUT2D eigenvalue weighted by Crippen LogP contribution is 2.28. The number of ketones is 1. The second kappa shape index (κ2) is 7.14. The highest BCUT2D eigenvalue weighted by Gasteiger charge is 2.15. The predicted octanol–water partition coefficient (Wildman–Crippen LogP) is 4.72. The van der Waals surface area contributed by atoms with Crippen molar-refractivity contribution in [1.29, 1.82) is 0 Å². The first-order valence-corrected chi connectivity index (χ1v) is 9.32. The zero-order chi connectivity index (χ0) is 17.9. The number of hydrogen-bond acceptors (Lipinski definition) is 4. The predicted molar refractivity (Wildman–Crippen MR) is 104 cm³/mol. The van der Waals surface area contributed by atoms with E-state index in [1.54, 1.807) is 11.8 Å². The Morgan fingerprint density at radius 2 is 1.77 bits per heavy atom. The summed E-state index contributed by atoms with van der Waals surface area (Å²) in [6, 6.07) is 23.3. The summed E-state index contributed by atoms with van der Waals surface area (Å²) in [5.41, 5.74) is 4.36. The van der Waals surface area contributed by atoms with Crippen molar-refractivity contribution in [3.05, 3.63) is 89.5 Å². The molecule has 1 aromatic heterocycles. The number of nitrogens with zero attached hydrogens (tertiary/aromatic N) is 3. The van der Waals surface area contributed by atoms with Gasteiger partial charge in [0.25, 0.3) is 0 Å². The smallest absolute Gasteiger partial charge is 0.194 e. The van der Waals surface area contributed by atoms with Crippen LogP contribution < -0.4 is 0 Å². The molecule has 0 aliphatic rings. The van der Waals surface area contributed by atoms with Crippen LogP contribution in [0.3, 0.4) is 0 Å². The van der Waals surface area contributed by atoms with Gasteiger partial charge in [-0.3, -0.25) is 4.79 Å². The van der Waals surface area contributed by atoms with Gasteiger partial charge in [-0.15, -0.1) is 16.9 Å². The molecule has 0 amide bonds. The molecule has 1 heterocycles. The quantitative estimate of drug-likeness (QED) is 0.382. The number of hydrogen-bond donors (Lipinski definition) is 0. The molecule has 4 rings (SSSR count). The van der Waals surface area contributed by atoms with E-state index in [4.69, 9.17) is 0 Å². The summed E-state index contributed by atoms with van der Waals surface area (Å²) in [7, 11) is 0. The van der Waals surface area contributed by atoms with Crippen molar-refractivity contribution in [2.45, 2.75) is 17.7 Å². The van der Waals surface area contributed by atoms with Gasteiger partial charge in [0.15, 0.2) is 5.78 Å². The molecule has 0 saturated carbocycles. The second-order valence-corrected chi connectivity index (χ2v) is 7.03. The zero-order valence-electron chi connectivity index (χ0n) is 14.3. The number of para-hydroxylation sites is 1. The average molecular weight is 359 g/mol. The van der Waals surface area contributed by atoms with E-state index in [1.807, 2.05) is 84.4 Å². The van der Waals surface area contributed by atoms with Crippen LogP contribution in [0.2, 0.25) is 0 Å². The van der Waals surface area contributed by atoms with Crippen molar-refractivity contribution in [3.8, 4) is 0 Å². The zero-order valence-corrected chi connectivity index (χ0v) is 15.1. The molecular formula is C21H17N3OS. The molecule has 3 aromatic carbocycles. The SMILES string of the molecule is Cc1ccc(SCn2nnc3ccccc32)c(C(=O)c2ccccc2)c1. The maximum atomic E-state index is 12.9. The van der Waals surface area contributed by atoms with Crippen LogP contribution in [0, 0.1) is 6.92 Å². The Morgan fingerprint density at radius 1 is 1.00 bits per heavy atom. The molecule has 0 fully saturated rings. The van der Waals surface area contributed by atoms with E-state index in [2.05, 4.69) is 10.3 Å². The lowest BCUT2D eigenvalue weighted by molar-refractivity contribution is 0.103. The molecule has 0 unspecified atom stereocenters. The molecule has 0 N–H and O–H groups in total. The lowest BCUT2D eigenvalue weighted by Crippen LogP contribution is -2.04. The molecule has 0 aliphatic heterocycles. The van der Waals surface area contributed by atoms with E-state index in [0.717, 1.165) is 27.1 Å². The van der Waals surface area contributed by atoms with Crippen molar-refractivity contribution < 1.29 is 4.79 Å². The molecule has 0 radical (unpaired) electrons. The summed E-state index contributed by atoms with van der Waals surface area (Å²) in [5, 5.41) is 8.40. The molecule has 0 atom stereocenters. The van der Waals surface area contributed by atoms with Crippen LogP contribution in [0.4, 0.5) is 0 Å². The Bertz CT molecular complexity index is 1070. The third-order valence-electron chi connectivity index (χ3n) is 4.18. The highest BCUT2D eigenvalue weighted by molar-refractivity contribution is 7.98. The van der Waals surface area contributed by atoms with E-state index in [9.17, 15) is 4.79 Å². The fraction of sp³-hybridized carbons (Fsp3) is 0.0952. The number of benzene rings is 3. The van der Waals surface area contributed by atoms with Gasteiger partial charge in [-0.25, -0.2) is 4.68 Å². The van der Waals surface area contributed by atoms with Crippen molar-refractivity contribution in [3.63, 3.8) is 0 Å².